The minimum atomic E-state index is 0.00493. The van der Waals surface area contributed by atoms with Crippen molar-refractivity contribution < 1.29 is 4.79 Å². The average molecular weight is 313 g/mol. The van der Waals surface area contributed by atoms with E-state index in [-0.39, 0.29) is 17.1 Å². The van der Waals surface area contributed by atoms with Crippen LogP contribution in [0.1, 0.15) is 49.4 Å². The van der Waals surface area contributed by atoms with Gasteiger partial charge in [-0.25, -0.2) is 0 Å². The number of allylic oxidation sites excluding steroid dienone is 2. The minimum Gasteiger partial charge on any atom is -0.342 e. The normalized spacial score (nSPS) is 23.0. The molecule has 0 saturated heterocycles. The summed E-state index contributed by atoms with van der Waals surface area (Å²) in [7, 11) is 0. The number of ketones is 1. The minimum absolute atomic E-state index is 0.00493. The number of nitrogens with zero attached hydrogens (tertiary/aromatic N) is 1. The van der Waals surface area contributed by atoms with E-state index in [4.69, 9.17) is 0 Å². The van der Waals surface area contributed by atoms with Gasteiger partial charge in [0.2, 0.25) is 0 Å². The molecule has 114 valence electrons. The Morgan fingerprint density at radius 2 is 2.18 bits per heavy atom. The monoisotopic (exact) mass is 313 g/mol. The first-order valence-corrected chi connectivity index (χ1v) is 8.51. The lowest BCUT2D eigenvalue weighted by atomic mass is 9.69. The SMILES string of the molecule is Cc1[nH]nc2c1[C@H](c1ccsc1)C1=C(CC(C)(C)CC1=O)N2. The third kappa shape index (κ3) is 1.96. The number of aryl methyl sites for hydroxylation is 1. The molecule has 2 N–H and O–H groups in total. The molecule has 0 bridgehead atoms. The van der Waals surface area contributed by atoms with Crippen molar-refractivity contribution in [3.63, 3.8) is 0 Å². The summed E-state index contributed by atoms with van der Waals surface area (Å²) in [5, 5.41) is 15.1. The Labute approximate surface area is 133 Å². The summed E-state index contributed by atoms with van der Waals surface area (Å²) in [6, 6.07) is 2.12. The molecule has 3 heterocycles. The van der Waals surface area contributed by atoms with E-state index in [9.17, 15) is 4.79 Å². The highest BCUT2D eigenvalue weighted by atomic mass is 32.1. The van der Waals surface area contributed by atoms with E-state index in [1.165, 1.54) is 5.56 Å². The smallest absolute Gasteiger partial charge is 0.162 e. The zero-order chi connectivity index (χ0) is 15.5. The highest BCUT2D eigenvalue weighted by Gasteiger charge is 2.42. The molecule has 0 spiro atoms. The van der Waals surface area contributed by atoms with E-state index >= 15 is 0 Å². The van der Waals surface area contributed by atoms with Crippen molar-refractivity contribution in [2.45, 2.75) is 39.5 Å². The Morgan fingerprint density at radius 1 is 1.36 bits per heavy atom. The number of fused-ring (bicyclic) bond motifs is 1. The maximum Gasteiger partial charge on any atom is 0.162 e. The zero-order valence-corrected chi connectivity index (χ0v) is 13.8. The molecule has 2 aromatic rings. The second-order valence-electron chi connectivity index (χ2n) is 7.06. The van der Waals surface area contributed by atoms with Gasteiger partial charge in [0, 0.05) is 34.9 Å². The Morgan fingerprint density at radius 3 is 2.91 bits per heavy atom. The van der Waals surface area contributed by atoms with Crippen molar-refractivity contribution in [1.29, 1.82) is 0 Å². The lowest BCUT2D eigenvalue weighted by molar-refractivity contribution is -0.118. The van der Waals surface area contributed by atoms with Crippen LogP contribution in [0.2, 0.25) is 0 Å². The molecule has 0 saturated carbocycles. The first-order valence-electron chi connectivity index (χ1n) is 7.56. The summed E-state index contributed by atoms with van der Waals surface area (Å²) in [5.74, 6) is 1.15. The fourth-order valence-corrected chi connectivity index (χ4v) is 4.41. The second kappa shape index (κ2) is 4.56. The van der Waals surface area contributed by atoms with Crippen LogP contribution in [0.5, 0.6) is 0 Å². The van der Waals surface area contributed by atoms with E-state index < -0.39 is 0 Å². The number of thiophene rings is 1. The molecule has 0 aromatic carbocycles. The van der Waals surface area contributed by atoms with Gasteiger partial charge in [-0.15, -0.1) is 0 Å². The van der Waals surface area contributed by atoms with E-state index in [2.05, 4.69) is 46.2 Å². The van der Waals surface area contributed by atoms with Gasteiger partial charge in [0.1, 0.15) is 0 Å². The van der Waals surface area contributed by atoms with Gasteiger partial charge in [0.05, 0.1) is 0 Å². The number of rotatable bonds is 1. The highest BCUT2D eigenvalue weighted by Crippen LogP contribution is 2.49. The summed E-state index contributed by atoms with van der Waals surface area (Å²) in [5.41, 5.74) is 5.34. The molecule has 4 nitrogen and oxygen atoms in total. The van der Waals surface area contributed by atoms with Gasteiger partial charge in [-0.2, -0.15) is 16.4 Å². The fourth-order valence-electron chi connectivity index (χ4n) is 3.73. The van der Waals surface area contributed by atoms with Crippen molar-refractivity contribution in [2.24, 2.45) is 5.41 Å². The third-order valence-corrected chi connectivity index (χ3v) is 5.34. The Balaban J connectivity index is 1.94. The topological polar surface area (TPSA) is 57.8 Å². The predicted octanol–water partition coefficient (Wildman–Crippen LogP) is 3.98. The number of carbonyl (C=O) groups is 1. The van der Waals surface area contributed by atoms with Crippen LogP contribution < -0.4 is 5.32 Å². The van der Waals surface area contributed by atoms with Crippen LogP contribution >= 0.6 is 11.3 Å². The number of nitrogens with one attached hydrogen (secondary N) is 2. The highest BCUT2D eigenvalue weighted by molar-refractivity contribution is 7.08. The number of carbonyl (C=O) groups excluding carboxylic acids is 1. The predicted molar refractivity (Wildman–Crippen MR) is 88.2 cm³/mol. The van der Waals surface area contributed by atoms with Gasteiger partial charge < -0.3 is 5.32 Å². The molecule has 22 heavy (non-hydrogen) atoms. The van der Waals surface area contributed by atoms with Gasteiger partial charge in [0.25, 0.3) is 0 Å². The van der Waals surface area contributed by atoms with Crippen LogP contribution in [-0.4, -0.2) is 16.0 Å². The molecule has 0 unspecified atom stereocenters. The lowest BCUT2D eigenvalue weighted by Crippen LogP contribution is -2.33. The average Bonchev–Trinajstić information content (AvgIpc) is 3.05. The van der Waals surface area contributed by atoms with Crippen molar-refractivity contribution in [1.82, 2.24) is 10.2 Å². The molecule has 1 aliphatic heterocycles. The number of aromatic amines is 1. The zero-order valence-electron chi connectivity index (χ0n) is 13.0. The van der Waals surface area contributed by atoms with Crippen LogP contribution in [0.15, 0.2) is 28.1 Å². The Hall–Kier alpha value is -1.88. The van der Waals surface area contributed by atoms with E-state index in [0.717, 1.165) is 34.8 Å². The van der Waals surface area contributed by atoms with E-state index in [0.29, 0.717) is 6.42 Å². The lowest BCUT2D eigenvalue weighted by Gasteiger charge is -2.38. The fraction of sp³-hybridized carbons (Fsp3) is 0.412. The Kier molecular flexibility index (Phi) is 2.85. The molecule has 4 rings (SSSR count). The van der Waals surface area contributed by atoms with Crippen LogP contribution in [0.3, 0.4) is 0 Å². The van der Waals surface area contributed by atoms with Crippen molar-refractivity contribution in [3.05, 3.63) is 44.9 Å². The molecular weight excluding hydrogens is 294 g/mol. The van der Waals surface area contributed by atoms with E-state index in [1.54, 1.807) is 11.3 Å². The standard InChI is InChI=1S/C17H19N3OS/c1-9-13-14(10-4-5-22-8-10)15-11(18-16(13)20-19-9)6-17(2,3)7-12(15)21/h4-5,8,14H,6-7H2,1-3H3,(H2,18,19,20)/t14-/m0/s1. The van der Waals surface area contributed by atoms with Crippen molar-refractivity contribution >= 4 is 22.9 Å². The van der Waals surface area contributed by atoms with Crippen LogP contribution in [-0.2, 0) is 4.79 Å². The summed E-state index contributed by atoms with van der Waals surface area (Å²) < 4.78 is 0. The van der Waals surface area contributed by atoms with Gasteiger partial charge in [-0.05, 0) is 41.1 Å². The quantitative estimate of drug-likeness (QED) is 0.837. The first-order chi connectivity index (χ1) is 10.5. The Bertz CT molecular complexity index is 783. The first kappa shape index (κ1) is 13.8. The summed E-state index contributed by atoms with van der Waals surface area (Å²) in [4.78, 5) is 12.9. The molecule has 0 amide bonds. The van der Waals surface area contributed by atoms with Crippen LogP contribution in [0, 0.1) is 12.3 Å². The second-order valence-corrected chi connectivity index (χ2v) is 7.84. The molecular formula is C17H19N3OS. The van der Waals surface area contributed by atoms with Gasteiger partial charge in [-0.1, -0.05) is 13.8 Å². The van der Waals surface area contributed by atoms with Crippen molar-refractivity contribution in [2.75, 3.05) is 5.32 Å². The van der Waals surface area contributed by atoms with E-state index in [1.807, 2.05) is 6.92 Å². The molecule has 1 aliphatic carbocycles. The van der Waals surface area contributed by atoms with Gasteiger partial charge >= 0.3 is 0 Å². The maximum absolute atomic E-state index is 12.9. The number of H-pyrrole nitrogens is 1. The number of hydrogen-bond donors (Lipinski definition) is 2. The van der Waals surface area contributed by atoms with Gasteiger partial charge in [-0.3, -0.25) is 9.89 Å². The van der Waals surface area contributed by atoms with Crippen LogP contribution in [0.4, 0.5) is 5.82 Å². The largest absolute Gasteiger partial charge is 0.342 e. The molecule has 5 heteroatoms. The summed E-state index contributed by atoms with van der Waals surface area (Å²) in [6.07, 6.45) is 1.50. The van der Waals surface area contributed by atoms with Crippen molar-refractivity contribution in [3.8, 4) is 0 Å². The number of hydrogen-bond acceptors (Lipinski definition) is 4. The molecule has 0 fully saturated rings. The number of anilines is 1. The van der Waals surface area contributed by atoms with Gasteiger partial charge in [0.15, 0.2) is 11.6 Å². The third-order valence-electron chi connectivity index (χ3n) is 4.64. The molecule has 2 aromatic heterocycles. The van der Waals surface area contributed by atoms with Crippen LogP contribution in [0.25, 0.3) is 0 Å². The summed E-state index contributed by atoms with van der Waals surface area (Å²) >= 11 is 1.67. The molecule has 2 aliphatic rings. The molecule has 1 atom stereocenters. The maximum atomic E-state index is 12.9. The number of aromatic nitrogens is 2. The summed E-state index contributed by atoms with van der Waals surface area (Å²) in [6.45, 7) is 6.33. The number of Topliss-reactive ketones (excluding diaryl/α,β-unsaturated/α-hetero) is 1. The molecule has 0 radical (unpaired) electrons.